The minimum atomic E-state index is -0.0569. The van der Waals surface area contributed by atoms with Crippen LogP contribution in [0.15, 0.2) is 48.6 Å². The number of likely N-dealkylation sites (tertiary alicyclic amines) is 2. The summed E-state index contributed by atoms with van der Waals surface area (Å²) in [6, 6.07) is 12.1. The molecule has 0 spiro atoms. The van der Waals surface area contributed by atoms with Gasteiger partial charge in [-0.3, -0.25) is 9.59 Å². The van der Waals surface area contributed by atoms with Gasteiger partial charge in [-0.1, -0.05) is 36.9 Å². The highest BCUT2D eigenvalue weighted by Gasteiger charge is 2.31. The number of benzene rings is 1. The summed E-state index contributed by atoms with van der Waals surface area (Å²) in [5.74, 6) is 0.130. The van der Waals surface area contributed by atoms with E-state index in [9.17, 15) is 14.9 Å². The second-order valence-electron chi connectivity index (χ2n) is 7.09. The summed E-state index contributed by atoms with van der Waals surface area (Å²) in [4.78, 5) is 28.2. The number of nitrogens with zero attached hydrogens (tertiary/aromatic N) is 3. The third-order valence-corrected chi connectivity index (χ3v) is 5.54. The van der Waals surface area contributed by atoms with E-state index in [0.717, 1.165) is 29.6 Å². The van der Waals surface area contributed by atoms with Crippen LogP contribution in [0.5, 0.6) is 0 Å². The van der Waals surface area contributed by atoms with Crippen molar-refractivity contribution in [1.82, 2.24) is 9.80 Å². The first-order valence-electron chi connectivity index (χ1n) is 9.51. The van der Waals surface area contributed by atoms with Gasteiger partial charge in [0.25, 0.3) is 0 Å². The molecule has 1 aromatic rings. The van der Waals surface area contributed by atoms with Gasteiger partial charge in [-0.15, -0.1) is 0 Å². The summed E-state index contributed by atoms with van der Waals surface area (Å²) < 4.78 is 0. The molecule has 2 heterocycles. The van der Waals surface area contributed by atoms with E-state index in [4.69, 9.17) is 0 Å². The number of hydrogen-bond donors (Lipinski definition) is 0. The molecule has 27 heavy (non-hydrogen) atoms. The number of hydrogen-bond acceptors (Lipinski definition) is 3. The zero-order valence-corrected chi connectivity index (χ0v) is 15.6. The predicted octanol–water partition coefficient (Wildman–Crippen LogP) is 3.01. The fourth-order valence-electron chi connectivity index (χ4n) is 3.93. The molecule has 0 unspecified atom stereocenters. The van der Waals surface area contributed by atoms with E-state index >= 15 is 0 Å². The minimum absolute atomic E-state index is 0.00560. The normalized spacial score (nSPS) is 18.0. The van der Waals surface area contributed by atoms with Crippen LogP contribution in [0.2, 0.25) is 0 Å². The Kier molecular flexibility index (Phi) is 6.08. The molecule has 0 aromatic heterocycles. The fourth-order valence-corrected chi connectivity index (χ4v) is 3.93. The lowest BCUT2D eigenvalue weighted by molar-refractivity contribution is -0.139. The lowest BCUT2D eigenvalue weighted by atomic mass is 9.91. The average molecular weight is 363 g/mol. The van der Waals surface area contributed by atoms with E-state index < -0.39 is 0 Å². The molecule has 1 aromatic carbocycles. The van der Waals surface area contributed by atoms with Crippen LogP contribution in [-0.4, -0.2) is 47.8 Å². The van der Waals surface area contributed by atoms with Crippen molar-refractivity contribution in [3.8, 4) is 6.07 Å². The molecular formula is C22H25N3O2. The van der Waals surface area contributed by atoms with E-state index in [2.05, 4.69) is 12.6 Å². The van der Waals surface area contributed by atoms with Crippen molar-refractivity contribution in [3.05, 3.63) is 54.1 Å². The fraction of sp³-hybridized carbons (Fsp3) is 0.409. The number of rotatable bonds is 3. The largest absolute Gasteiger partial charge is 0.342 e. The van der Waals surface area contributed by atoms with E-state index in [-0.39, 0.29) is 17.7 Å². The zero-order chi connectivity index (χ0) is 19.2. The van der Waals surface area contributed by atoms with E-state index in [1.54, 1.807) is 4.90 Å². The molecule has 2 aliphatic heterocycles. The van der Waals surface area contributed by atoms with Gasteiger partial charge in [0, 0.05) is 32.1 Å². The summed E-state index contributed by atoms with van der Waals surface area (Å²) in [5, 5.41) is 9.57. The summed E-state index contributed by atoms with van der Waals surface area (Å²) in [5.41, 5.74) is 2.84. The molecule has 0 atom stereocenters. The molecule has 0 saturated carbocycles. The highest BCUT2D eigenvalue weighted by molar-refractivity contribution is 5.87. The van der Waals surface area contributed by atoms with Crippen LogP contribution < -0.4 is 0 Å². The molecule has 140 valence electrons. The average Bonchev–Trinajstić information content (AvgIpc) is 2.74. The van der Waals surface area contributed by atoms with E-state index in [1.165, 1.54) is 6.08 Å². The third-order valence-electron chi connectivity index (χ3n) is 5.54. The van der Waals surface area contributed by atoms with Gasteiger partial charge in [-0.2, -0.15) is 5.26 Å². The molecular weight excluding hydrogens is 338 g/mol. The van der Waals surface area contributed by atoms with Crippen molar-refractivity contribution in [2.45, 2.75) is 25.7 Å². The van der Waals surface area contributed by atoms with Crippen molar-refractivity contribution >= 4 is 17.4 Å². The van der Waals surface area contributed by atoms with Crippen molar-refractivity contribution in [2.75, 3.05) is 26.2 Å². The highest BCUT2D eigenvalue weighted by Crippen LogP contribution is 2.28. The summed E-state index contributed by atoms with van der Waals surface area (Å²) >= 11 is 0. The molecule has 5 nitrogen and oxygen atoms in total. The van der Waals surface area contributed by atoms with Gasteiger partial charge in [-0.05, 0) is 42.9 Å². The Balaban J connectivity index is 1.59. The number of amides is 2. The number of nitriles is 1. The quantitative estimate of drug-likeness (QED) is 0.612. The van der Waals surface area contributed by atoms with Crippen LogP contribution in [0.25, 0.3) is 5.57 Å². The van der Waals surface area contributed by atoms with Crippen LogP contribution in [0.3, 0.4) is 0 Å². The molecule has 0 radical (unpaired) electrons. The maximum Gasteiger partial charge on any atom is 0.245 e. The Bertz CT molecular complexity index is 774. The molecule has 3 rings (SSSR count). The Morgan fingerprint density at radius 1 is 1.04 bits per heavy atom. The molecule has 0 aliphatic carbocycles. The van der Waals surface area contributed by atoms with Crippen LogP contribution in [0.1, 0.15) is 31.2 Å². The van der Waals surface area contributed by atoms with Gasteiger partial charge in [0.2, 0.25) is 11.8 Å². The van der Waals surface area contributed by atoms with Crippen molar-refractivity contribution in [3.63, 3.8) is 0 Å². The van der Waals surface area contributed by atoms with Gasteiger partial charge in [0.15, 0.2) is 0 Å². The first-order valence-corrected chi connectivity index (χ1v) is 9.51. The predicted molar refractivity (Wildman–Crippen MR) is 104 cm³/mol. The molecule has 2 amide bonds. The monoisotopic (exact) mass is 363 g/mol. The van der Waals surface area contributed by atoms with Crippen molar-refractivity contribution < 1.29 is 9.59 Å². The summed E-state index contributed by atoms with van der Waals surface area (Å²) in [6.07, 6.45) is 4.25. The number of carbonyl (C=O) groups is 2. The van der Waals surface area contributed by atoms with Gasteiger partial charge in [0.05, 0.1) is 11.6 Å². The van der Waals surface area contributed by atoms with Gasteiger partial charge in [0.1, 0.15) is 0 Å². The first kappa shape index (κ1) is 18.9. The smallest absolute Gasteiger partial charge is 0.245 e. The molecule has 5 heteroatoms. The Morgan fingerprint density at radius 3 is 2.22 bits per heavy atom. The van der Waals surface area contributed by atoms with Crippen molar-refractivity contribution in [2.24, 2.45) is 5.92 Å². The summed E-state index contributed by atoms with van der Waals surface area (Å²) in [6.45, 7) is 6.09. The van der Waals surface area contributed by atoms with Crippen LogP contribution in [0, 0.1) is 17.2 Å². The number of allylic oxidation sites excluding steroid dienone is 1. The van der Waals surface area contributed by atoms with Gasteiger partial charge in [-0.25, -0.2) is 0 Å². The van der Waals surface area contributed by atoms with Crippen LogP contribution >= 0.6 is 0 Å². The van der Waals surface area contributed by atoms with Gasteiger partial charge < -0.3 is 9.80 Å². The minimum Gasteiger partial charge on any atom is -0.342 e. The van der Waals surface area contributed by atoms with E-state index in [0.29, 0.717) is 39.0 Å². The SMILES string of the molecule is C=CC(=O)N1CCC(C(=O)N2CCC(=C(C#N)c3ccccc3)CC2)CC1. The summed E-state index contributed by atoms with van der Waals surface area (Å²) in [7, 11) is 0. The van der Waals surface area contributed by atoms with E-state index in [1.807, 2.05) is 35.2 Å². The zero-order valence-electron chi connectivity index (χ0n) is 15.6. The Hall–Kier alpha value is -2.87. The van der Waals surface area contributed by atoms with Crippen molar-refractivity contribution in [1.29, 1.82) is 5.26 Å². The lowest BCUT2D eigenvalue weighted by Gasteiger charge is -2.36. The van der Waals surface area contributed by atoms with Gasteiger partial charge >= 0.3 is 0 Å². The standard InChI is InChI=1S/C22H25N3O2/c1-2-21(26)24-12-10-19(11-13-24)22(27)25-14-8-18(9-15-25)20(16-23)17-6-4-3-5-7-17/h2-7,19H,1,8-15H2. The second kappa shape index (κ2) is 8.68. The Labute approximate surface area is 160 Å². The third kappa shape index (κ3) is 4.28. The molecule has 0 bridgehead atoms. The highest BCUT2D eigenvalue weighted by atomic mass is 16.2. The number of piperidine rings is 2. The maximum atomic E-state index is 12.8. The van der Waals surface area contributed by atoms with Crippen LogP contribution in [0.4, 0.5) is 0 Å². The molecule has 2 saturated heterocycles. The molecule has 0 N–H and O–H groups in total. The second-order valence-corrected chi connectivity index (χ2v) is 7.09. The maximum absolute atomic E-state index is 12.8. The topological polar surface area (TPSA) is 64.4 Å². The number of carbonyl (C=O) groups excluding carboxylic acids is 2. The van der Waals surface area contributed by atoms with Crippen LogP contribution in [-0.2, 0) is 9.59 Å². The molecule has 2 aliphatic rings. The first-order chi connectivity index (χ1) is 13.1. The Morgan fingerprint density at radius 2 is 1.67 bits per heavy atom. The lowest BCUT2D eigenvalue weighted by Crippen LogP contribution is -2.45. The molecule has 2 fully saturated rings.